The minimum atomic E-state index is -0.0291. The molecule has 28 heavy (non-hydrogen) atoms. The van der Waals surface area contributed by atoms with E-state index in [0.717, 1.165) is 12.0 Å². The van der Waals surface area contributed by atoms with Crippen LogP contribution in [0.2, 0.25) is 0 Å². The zero-order chi connectivity index (χ0) is 20.0. The van der Waals surface area contributed by atoms with Crippen molar-refractivity contribution in [1.29, 1.82) is 0 Å². The molecule has 0 bridgehead atoms. The number of benzene rings is 1. The van der Waals surface area contributed by atoms with Gasteiger partial charge in [-0.25, -0.2) is 4.68 Å². The van der Waals surface area contributed by atoms with Gasteiger partial charge >= 0.3 is 0 Å². The first-order chi connectivity index (χ1) is 13.4. The first-order valence-corrected chi connectivity index (χ1v) is 8.96. The fourth-order valence-electron chi connectivity index (χ4n) is 3.44. The highest BCUT2D eigenvalue weighted by Gasteiger charge is 2.22. The van der Waals surface area contributed by atoms with Crippen LogP contribution in [0.4, 0.5) is 17.8 Å². The molecule has 0 aliphatic heterocycles. The van der Waals surface area contributed by atoms with E-state index in [1.807, 2.05) is 26.0 Å². The van der Waals surface area contributed by atoms with E-state index in [4.69, 9.17) is 26.7 Å². The van der Waals surface area contributed by atoms with Crippen molar-refractivity contribution in [1.82, 2.24) is 24.7 Å². The van der Waals surface area contributed by atoms with E-state index in [1.165, 1.54) is 0 Å². The third-order valence-electron chi connectivity index (χ3n) is 4.75. The van der Waals surface area contributed by atoms with Crippen LogP contribution in [0.1, 0.15) is 26.3 Å². The summed E-state index contributed by atoms with van der Waals surface area (Å²) in [6.45, 7) is 4.09. The lowest BCUT2D eigenvalue weighted by Gasteiger charge is -2.16. The van der Waals surface area contributed by atoms with Gasteiger partial charge in [-0.15, -0.1) is 0 Å². The highest BCUT2D eigenvalue weighted by Crippen LogP contribution is 2.35. The van der Waals surface area contributed by atoms with Crippen LogP contribution in [0.15, 0.2) is 22.6 Å². The molecule has 0 radical (unpaired) electrons. The van der Waals surface area contributed by atoms with Gasteiger partial charge < -0.3 is 26.7 Å². The van der Waals surface area contributed by atoms with Gasteiger partial charge in [0.1, 0.15) is 17.0 Å². The van der Waals surface area contributed by atoms with Crippen molar-refractivity contribution in [3.63, 3.8) is 0 Å². The molecule has 0 aliphatic rings. The van der Waals surface area contributed by atoms with Crippen molar-refractivity contribution in [2.45, 2.75) is 26.3 Å². The number of nitrogens with two attached hydrogens (primary N) is 3. The van der Waals surface area contributed by atoms with Gasteiger partial charge in [-0.3, -0.25) is 0 Å². The monoisotopic (exact) mass is 382 g/mol. The number of rotatable bonds is 5. The summed E-state index contributed by atoms with van der Waals surface area (Å²) in [6, 6.07) is 5.54. The summed E-state index contributed by atoms with van der Waals surface area (Å²) in [5, 5.41) is 14.8. The van der Waals surface area contributed by atoms with Crippen LogP contribution < -0.4 is 17.2 Å². The number of nitrogen functional groups attached to an aromatic ring is 3. The zero-order valence-corrected chi connectivity index (χ0v) is 15.6. The van der Waals surface area contributed by atoms with Gasteiger partial charge in [-0.1, -0.05) is 6.92 Å². The Labute approximate surface area is 160 Å². The largest absolute Gasteiger partial charge is 0.424 e. The number of nitrogens with zero attached hydrogens (tertiary/aromatic N) is 5. The first-order valence-electron chi connectivity index (χ1n) is 8.96. The number of oxazole rings is 1. The molecule has 0 aliphatic carbocycles. The Hall–Kier alpha value is -3.40. The van der Waals surface area contributed by atoms with Crippen LogP contribution in [-0.4, -0.2) is 36.4 Å². The number of fused-ring (bicyclic) bond motifs is 2. The van der Waals surface area contributed by atoms with Gasteiger partial charge in [0, 0.05) is 12.2 Å². The molecule has 7 N–H and O–H groups in total. The molecule has 146 valence electrons. The summed E-state index contributed by atoms with van der Waals surface area (Å²) in [6.07, 6.45) is 0.718. The lowest BCUT2D eigenvalue weighted by molar-refractivity contribution is 0.214. The maximum absolute atomic E-state index is 9.40. The number of aromatic nitrogens is 5. The second-order valence-corrected chi connectivity index (χ2v) is 7.07. The van der Waals surface area contributed by atoms with Crippen molar-refractivity contribution >= 4 is 39.9 Å². The molecule has 3 heterocycles. The Morgan fingerprint density at radius 1 is 1.14 bits per heavy atom. The topological polar surface area (TPSA) is 168 Å². The van der Waals surface area contributed by atoms with Crippen LogP contribution in [0, 0.1) is 5.92 Å². The Morgan fingerprint density at radius 3 is 2.68 bits per heavy atom. The molecule has 2 atom stereocenters. The van der Waals surface area contributed by atoms with E-state index in [-0.39, 0.29) is 36.3 Å². The van der Waals surface area contributed by atoms with Crippen LogP contribution in [0.25, 0.3) is 33.4 Å². The molecule has 4 rings (SSSR count). The number of hydrogen-bond acceptors (Lipinski definition) is 9. The molecule has 0 fully saturated rings. The van der Waals surface area contributed by atoms with Gasteiger partial charge in [-0.05, 0) is 37.5 Å². The maximum Gasteiger partial charge on any atom is 0.292 e. The summed E-state index contributed by atoms with van der Waals surface area (Å²) < 4.78 is 7.12. The molecule has 1 aromatic carbocycles. The normalized spacial score (nSPS) is 14.0. The Bertz CT molecular complexity index is 1170. The number of aliphatic hydroxyl groups is 1. The molecule has 0 saturated heterocycles. The van der Waals surface area contributed by atoms with Crippen molar-refractivity contribution in [3.05, 3.63) is 18.2 Å². The Morgan fingerprint density at radius 2 is 1.93 bits per heavy atom. The van der Waals surface area contributed by atoms with Crippen LogP contribution >= 0.6 is 0 Å². The maximum atomic E-state index is 9.40. The van der Waals surface area contributed by atoms with Crippen molar-refractivity contribution in [3.8, 4) is 11.3 Å². The fraction of sp³-hybridized carbons (Fsp3) is 0.333. The third-order valence-corrected chi connectivity index (χ3v) is 4.75. The summed E-state index contributed by atoms with van der Waals surface area (Å²) in [7, 11) is 0. The van der Waals surface area contributed by atoms with E-state index in [9.17, 15) is 5.11 Å². The van der Waals surface area contributed by atoms with Crippen molar-refractivity contribution in [2.24, 2.45) is 5.92 Å². The highest BCUT2D eigenvalue weighted by molar-refractivity contribution is 6.00. The van der Waals surface area contributed by atoms with Crippen molar-refractivity contribution < 1.29 is 9.52 Å². The average Bonchev–Trinajstić information content (AvgIpc) is 3.20. The number of hydrogen-bond donors (Lipinski definition) is 4. The van der Waals surface area contributed by atoms with Gasteiger partial charge in [-0.2, -0.15) is 20.1 Å². The molecule has 4 aromatic rings. The standard InChI is InChI=1S/C18H22N8O2/c1-8(7-27)5-9(2)26-16-13(15(19)23-17(20)24-16)14(25-26)10-3-4-12-11(6-10)22-18(21)28-12/h3-4,6,8-9,27H,5,7H2,1-2H3,(H2,21,22)(H4,19,20,23,24)/t8?,9-/m0/s1. The van der Waals surface area contributed by atoms with Crippen LogP contribution in [-0.2, 0) is 0 Å². The molecular weight excluding hydrogens is 360 g/mol. The first kappa shape index (κ1) is 18.0. The van der Waals surface area contributed by atoms with Gasteiger partial charge in [0.25, 0.3) is 6.01 Å². The quantitative estimate of drug-likeness (QED) is 0.403. The fourth-order valence-corrected chi connectivity index (χ4v) is 3.44. The minimum Gasteiger partial charge on any atom is -0.424 e. The minimum absolute atomic E-state index is 0.0291. The van der Waals surface area contributed by atoms with E-state index in [0.29, 0.717) is 27.8 Å². The lowest BCUT2D eigenvalue weighted by atomic mass is 10.0. The molecule has 10 heteroatoms. The molecule has 10 nitrogen and oxygen atoms in total. The van der Waals surface area contributed by atoms with Gasteiger partial charge in [0.05, 0.1) is 11.4 Å². The van der Waals surface area contributed by atoms with E-state index in [1.54, 1.807) is 10.7 Å². The molecule has 3 aromatic heterocycles. The van der Waals surface area contributed by atoms with Gasteiger partial charge in [0.15, 0.2) is 11.2 Å². The predicted molar refractivity (Wildman–Crippen MR) is 107 cm³/mol. The van der Waals surface area contributed by atoms with E-state index >= 15 is 0 Å². The second kappa shape index (κ2) is 6.64. The molecule has 0 spiro atoms. The Kier molecular flexibility index (Phi) is 4.27. The smallest absolute Gasteiger partial charge is 0.292 e. The van der Waals surface area contributed by atoms with E-state index in [2.05, 4.69) is 15.0 Å². The summed E-state index contributed by atoms with van der Waals surface area (Å²) >= 11 is 0. The SMILES string of the molecule is CC(CO)C[C@H](C)n1nc(-c2ccc3oc(N)nc3c2)c2c(N)nc(N)nc21. The highest BCUT2D eigenvalue weighted by atomic mass is 16.4. The Balaban J connectivity index is 1.92. The zero-order valence-electron chi connectivity index (χ0n) is 15.6. The molecule has 1 unspecified atom stereocenters. The van der Waals surface area contributed by atoms with E-state index < -0.39 is 0 Å². The lowest BCUT2D eigenvalue weighted by Crippen LogP contribution is -2.14. The predicted octanol–water partition coefficient (Wildman–Crippen LogP) is 1.96. The van der Waals surface area contributed by atoms with Crippen LogP contribution in [0.5, 0.6) is 0 Å². The molecule has 0 amide bonds. The summed E-state index contributed by atoms with van der Waals surface area (Å²) in [4.78, 5) is 12.6. The summed E-state index contributed by atoms with van der Waals surface area (Å²) in [5.74, 6) is 0.453. The second-order valence-electron chi connectivity index (χ2n) is 7.07. The van der Waals surface area contributed by atoms with Crippen LogP contribution in [0.3, 0.4) is 0 Å². The van der Waals surface area contributed by atoms with Gasteiger partial charge in [0.2, 0.25) is 5.95 Å². The summed E-state index contributed by atoms with van der Waals surface area (Å²) in [5.41, 5.74) is 20.8. The third kappa shape index (κ3) is 2.97. The molecule has 0 saturated carbocycles. The number of aliphatic hydroxyl groups excluding tert-OH is 1. The average molecular weight is 382 g/mol. The van der Waals surface area contributed by atoms with Crippen molar-refractivity contribution in [2.75, 3.05) is 23.8 Å². The number of anilines is 3. The molecular formula is C18H22N8O2.